The third-order valence-corrected chi connectivity index (χ3v) is 4.41. The standard InChI is InChI=1S/C13H20O2/c1-9(14)15-8-10-7-11-12(2,3)5-6-13(10,11)4/h5-6,10-11H,7-8H2,1-4H3/t10-,11-,13-/m1/s1. The molecule has 0 amide bonds. The summed E-state index contributed by atoms with van der Waals surface area (Å²) >= 11 is 0. The van der Waals surface area contributed by atoms with Crippen molar-refractivity contribution in [2.75, 3.05) is 6.61 Å². The Labute approximate surface area is 91.7 Å². The van der Waals surface area contributed by atoms with Crippen molar-refractivity contribution in [3.63, 3.8) is 0 Å². The van der Waals surface area contributed by atoms with Gasteiger partial charge in [0.05, 0.1) is 6.61 Å². The molecule has 0 aromatic heterocycles. The SMILES string of the molecule is CC(=O)OC[C@H]1C[C@@H]2C(C)(C)C=C[C@]12C. The third kappa shape index (κ3) is 1.51. The van der Waals surface area contributed by atoms with Crippen molar-refractivity contribution in [1.82, 2.24) is 0 Å². The second kappa shape index (κ2) is 3.10. The lowest BCUT2D eigenvalue weighted by atomic mass is 9.51. The highest BCUT2D eigenvalue weighted by atomic mass is 16.5. The van der Waals surface area contributed by atoms with Crippen LogP contribution in [0.25, 0.3) is 0 Å². The van der Waals surface area contributed by atoms with Crippen LogP contribution in [0.2, 0.25) is 0 Å². The van der Waals surface area contributed by atoms with Gasteiger partial charge in [0.25, 0.3) is 0 Å². The predicted octanol–water partition coefficient (Wildman–Crippen LogP) is 2.79. The first kappa shape index (κ1) is 10.7. The Morgan fingerprint density at radius 3 is 2.60 bits per heavy atom. The first-order valence-corrected chi connectivity index (χ1v) is 5.70. The van der Waals surface area contributed by atoms with Crippen LogP contribution in [-0.2, 0) is 9.53 Å². The van der Waals surface area contributed by atoms with E-state index in [0.717, 1.165) is 5.92 Å². The summed E-state index contributed by atoms with van der Waals surface area (Å²) in [6, 6.07) is 0. The molecule has 1 fully saturated rings. The minimum atomic E-state index is -0.164. The van der Waals surface area contributed by atoms with Gasteiger partial charge in [0, 0.05) is 12.8 Å². The molecule has 3 atom stereocenters. The van der Waals surface area contributed by atoms with Gasteiger partial charge in [-0.25, -0.2) is 0 Å². The second-order valence-electron chi connectivity index (χ2n) is 5.81. The van der Waals surface area contributed by atoms with Gasteiger partial charge in [-0.05, 0) is 23.2 Å². The molecular weight excluding hydrogens is 188 g/mol. The molecule has 2 aliphatic carbocycles. The summed E-state index contributed by atoms with van der Waals surface area (Å²) in [6.45, 7) is 8.94. The fourth-order valence-corrected chi connectivity index (χ4v) is 3.25. The number of ether oxygens (including phenoxy) is 1. The van der Waals surface area contributed by atoms with E-state index < -0.39 is 0 Å². The summed E-state index contributed by atoms with van der Waals surface area (Å²) in [5.41, 5.74) is 0.584. The van der Waals surface area contributed by atoms with Crippen LogP contribution in [0.3, 0.4) is 0 Å². The van der Waals surface area contributed by atoms with Crippen molar-refractivity contribution in [1.29, 1.82) is 0 Å². The Balaban J connectivity index is 2.00. The van der Waals surface area contributed by atoms with Gasteiger partial charge in [0.1, 0.15) is 0 Å². The van der Waals surface area contributed by atoms with Crippen LogP contribution in [0.5, 0.6) is 0 Å². The Kier molecular flexibility index (Phi) is 2.21. The summed E-state index contributed by atoms with van der Waals surface area (Å²) in [7, 11) is 0. The number of hydrogen-bond donors (Lipinski definition) is 0. The molecule has 0 aromatic carbocycles. The van der Waals surface area contributed by atoms with E-state index in [9.17, 15) is 4.79 Å². The molecule has 0 N–H and O–H groups in total. The lowest BCUT2D eigenvalue weighted by Crippen LogP contribution is -2.50. The second-order valence-corrected chi connectivity index (χ2v) is 5.81. The number of carbonyl (C=O) groups excluding carboxylic acids is 1. The first-order chi connectivity index (χ1) is 6.86. The lowest BCUT2D eigenvalue weighted by Gasteiger charge is -2.54. The number of rotatable bonds is 2. The summed E-state index contributed by atoms with van der Waals surface area (Å²) < 4.78 is 5.11. The van der Waals surface area contributed by atoms with E-state index in [0.29, 0.717) is 17.9 Å². The van der Waals surface area contributed by atoms with E-state index in [-0.39, 0.29) is 11.4 Å². The zero-order valence-corrected chi connectivity index (χ0v) is 10.0. The van der Waals surface area contributed by atoms with Gasteiger partial charge in [-0.15, -0.1) is 0 Å². The van der Waals surface area contributed by atoms with Gasteiger partial charge in [-0.3, -0.25) is 4.79 Å². The van der Waals surface area contributed by atoms with Crippen molar-refractivity contribution in [3.8, 4) is 0 Å². The number of hydrogen-bond acceptors (Lipinski definition) is 2. The van der Waals surface area contributed by atoms with Crippen LogP contribution in [0.15, 0.2) is 12.2 Å². The monoisotopic (exact) mass is 208 g/mol. The van der Waals surface area contributed by atoms with Crippen LogP contribution in [0.4, 0.5) is 0 Å². The average molecular weight is 208 g/mol. The Morgan fingerprint density at radius 1 is 1.40 bits per heavy atom. The topological polar surface area (TPSA) is 26.3 Å². The van der Waals surface area contributed by atoms with E-state index in [2.05, 4.69) is 32.9 Å². The molecule has 0 aliphatic heterocycles. The van der Waals surface area contributed by atoms with Gasteiger partial charge < -0.3 is 4.74 Å². The zero-order chi connectivity index (χ0) is 11.3. The molecule has 0 aromatic rings. The van der Waals surface area contributed by atoms with Crippen LogP contribution in [0, 0.1) is 22.7 Å². The fourth-order valence-electron chi connectivity index (χ4n) is 3.25. The van der Waals surface area contributed by atoms with Crippen molar-refractivity contribution in [3.05, 3.63) is 12.2 Å². The van der Waals surface area contributed by atoms with Gasteiger partial charge in [0.15, 0.2) is 0 Å². The van der Waals surface area contributed by atoms with Gasteiger partial charge >= 0.3 is 5.97 Å². The molecule has 2 heteroatoms. The molecule has 2 nitrogen and oxygen atoms in total. The van der Waals surface area contributed by atoms with E-state index in [4.69, 9.17) is 4.74 Å². The molecule has 0 heterocycles. The normalized spacial score (nSPS) is 40.8. The summed E-state index contributed by atoms with van der Waals surface area (Å²) in [6.07, 6.45) is 5.84. The van der Waals surface area contributed by atoms with E-state index in [1.165, 1.54) is 13.3 Å². The molecule has 0 unspecified atom stereocenters. The molecule has 2 rings (SSSR count). The highest BCUT2D eigenvalue weighted by Crippen LogP contribution is 2.63. The Bertz CT molecular complexity index is 316. The molecule has 0 radical (unpaired) electrons. The average Bonchev–Trinajstić information content (AvgIpc) is 2.27. The quantitative estimate of drug-likeness (QED) is 0.515. The largest absolute Gasteiger partial charge is 0.466 e. The fraction of sp³-hybridized carbons (Fsp3) is 0.769. The van der Waals surface area contributed by atoms with E-state index in [1.807, 2.05) is 0 Å². The van der Waals surface area contributed by atoms with Crippen molar-refractivity contribution < 1.29 is 9.53 Å². The van der Waals surface area contributed by atoms with Crippen LogP contribution >= 0.6 is 0 Å². The molecule has 2 aliphatic rings. The van der Waals surface area contributed by atoms with E-state index >= 15 is 0 Å². The van der Waals surface area contributed by atoms with Gasteiger partial charge in [-0.2, -0.15) is 0 Å². The third-order valence-electron chi connectivity index (χ3n) is 4.41. The Hall–Kier alpha value is -0.790. The van der Waals surface area contributed by atoms with Crippen molar-refractivity contribution in [2.45, 2.75) is 34.1 Å². The maximum absolute atomic E-state index is 10.8. The van der Waals surface area contributed by atoms with Crippen molar-refractivity contribution in [2.24, 2.45) is 22.7 Å². The maximum Gasteiger partial charge on any atom is 0.302 e. The molecular formula is C13H20O2. The number of allylic oxidation sites excluding steroid dienone is 2. The van der Waals surface area contributed by atoms with Crippen LogP contribution < -0.4 is 0 Å². The lowest BCUT2D eigenvalue weighted by molar-refractivity contribution is -0.149. The Morgan fingerprint density at radius 2 is 2.07 bits per heavy atom. The molecule has 0 bridgehead atoms. The minimum Gasteiger partial charge on any atom is -0.466 e. The van der Waals surface area contributed by atoms with Crippen LogP contribution in [0.1, 0.15) is 34.1 Å². The van der Waals surface area contributed by atoms with Crippen molar-refractivity contribution >= 4 is 5.97 Å². The predicted molar refractivity (Wildman–Crippen MR) is 59.3 cm³/mol. The maximum atomic E-state index is 10.8. The summed E-state index contributed by atoms with van der Waals surface area (Å²) in [5, 5.41) is 0. The molecule has 0 spiro atoms. The molecule has 0 saturated heterocycles. The highest BCUT2D eigenvalue weighted by molar-refractivity contribution is 5.65. The van der Waals surface area contributed by atoms with E-state index in [1.54, 1.807) is 0 Å². The summed E-state index contributed by atoms with van der Waals surface area (Å²) in [5.74, 6) is 1.08. The van der Waals surface area contributed by atoms with Gasteiger partial charge in [0.2, 0.25) is 0 Å². The zero-order valence-electron chi connectivity index (χ0n) is 10.0. The molecule has 84 valence electrons. The molecule has 15 heavy (non-hydrogen) atoms. The summed E-state index contributed by atoms with van der Waals surface area (Å²) in [4.78, 5) is 10.8. The number of fused-ring (bicyclic) bond motifs is 1. The number of esters is 1. The van der Waals surface area contributed by atoms with Gasteiger partial charge in [-0.1, -0.05) is 32.9 Å². The smallest absolute Gasteiger partial charge is 0.302 e. The van der Waals surface area contributed by atoms with Crippen LogP contribution in [-0.4, -0.2) is 12.6 Å². The number of carbonyl (C=O) groups is 1. The first-order valence-electron chi connectivity index (χ1n) is 5.70. The highest BCUT2D eigenvalue weighted by Gasteiger charge is 2.58. The molecule has 1 saturated carbocycles. The minimum absolute atomic E-state index is 0.164.